The van der Waals surface area contributed by atoms with Crippen molar-refractivity contribution in [3.63, 3.8) is 0 Å². The SMILES string of the molecule is CCCCC[C@H]1OC[C@@](C)(C2CCC(CCCC)CC2)CO1. The Hall–Kier alpha value is -0.0800. The van der Waals surface area contributed by atoms with Gasteiger partial charge in [-0.15, -0.1) is 0 Å². The molecule has 0 atom stereocenters. The maximum Gasteiger partial charge on any atom is 0.157 e. The molecule has 0 bridgehead atoms. The van der Waals surface area contributed by atoms with Gasteiger partial charge in [-0.2, -0.15) is 0 Å². The van der Waals surface area contributed by atoms with Crippen LogP contribution in [0.1, 0.15) is 91.4 Å². The van der Waals surface area contributed by atoms with E-state index in [9.17, 15) is 0 Å². The maximum atomic E-state index is 6.06. The Labute approximate surface area is 138 Å². The van der Waals surface area contributed by atoms with Crippen molar-refractivity contribution >= 4 is 0 Å². The monoisotopic (exact) mass is 310 g/mol. The molecule has 22 heavy (non-hydrogen) atoms. The zero-order valence-corrected chi connectivity index (χ0v) is 15.2. The van der Waals surface area contributed by atoms with E-state index in [0.29, 0.717) is 0 Å². The summed E-state index contributed by atoms with van der Waals surface area (Å²) in [5.41, 5.74) is 0.261. The van der Waals surface area contributed by atoms with Crippen molar-refractivity contribution in [3.8, 4) is 0 Å². The van der Waals surface area contributed by atoms with E-state index in [2.05, 4.69) is 20.8 Å². The van der Waals surface area contributed by atoms with E-state index >= 15 is 0 Å². The van der Waals surface area contributed by atoms with Crippen molar-refractivity contribution in [2.24, 2.45) is 17.3 Å². The van der Waals surface area contributed by atoms with Crippen molar-refractivity contribution in [3.05, 3.63) is 0 Å². The van der Waals surface area contributed by atoms with Crippen molar-refractivity contribution in [1.29, 1.82) is 0 Å². The number of hydrogen-bond acceptors (Lipinski definition) is 2. The molecule has 0 radical (unpaired) electrons. The zero-order chi connectivity index (χ0) is 15.8. The topological polar surface area (TPSA) is 18.5 Å². The molecule has 2 nitrogen and oxygen atoms in total. The Morgan fingerprint density at radius 1 is 0.818 bits per heavy atom. The van der Waals surface area contributed by atoms with Gasteiger partial charge in [0, 0.05) is 5.41 Å². The fourth-order valence-electron chi connectivity index (χ4n) is 4.26. The average molecular weight is 311 g/mol. The average Bonchev–Trinajstić information content (AvgIpc) is 2.55. The molecule has 0 aromatic heterocycles. The summed E-state index contributed by atoms with van der Waals surface area (Å²) in [6.45, 7) is 8.77. The van der Waals surface area contributed by atoms with Crippen LogP contribution in [0, 0.1) is 17.3 Å². The first-order chi connectivity index (χ1) is 10.7. The van der Waals surface area contributed by atoms with Crippen LogP contribution < -0.4 is 0 Å². The second-order valence-electron chi connectivity index (χ2n) is 8.06. The van der Waals surface area contributed by atoms with Crippen molar-refractivity contribution in [2.45, 2.75) is 97.7 Å². The van der Waals surface area contributed by atoms with Crippen LogP contribution in [0.25, 0.3) is 0 Å². The van der Waals surface area contributed by atoms with Gasteiger partial charge in [-0.1, -0.05) is 65.7 Å². The second-order valence-corrected chi connectivity index (χ2v) is 8.06. The molecule has 0 aromatic carbocycles. The lowest BCUT2D eigenvalue weighted by Crippen LogP contribution is -2.45. The summed E-state index contributed by atoms with van der Waals surface area (Å²) in [4.78, 5) is 0. The van der Waals surface area contributed by atoms with Crippen LogP contribution in [0.2, 0.25) is 0 Å². The summed E-state index contributed by atoms with van der Waals surface area (Å²) in [7, 11) is 0. The predicted octanol–water partition coefficient (Wildman–Crippen LogP) is 5.94. The summed E-state index contributed by atoms with van der Waals surface area (Å²) >= 11 is 0. The maximum absolute atomic E-state index is 6.06. The van der Waals surface area contributed by atoms with Gasteiger partial charge in [-0.3, -0.25) is 0 Å². The van der Waals surface area contributed by atoms with Crippen LogP contribution in [-0.4, -0.2) is 19.5 Å². The quantitative estimate of drug-likeness (QED) is 0.516. The highest BCUT2D eigenvalue weighted by Gasteiger charge is 2.40. The molecule has 0 N–H and O–H groups in total. The number of ether oxygens (including phenoxy) is 2. The number of hydrogen-bond donors (Lipinski definition) is 0. The van der Waals surface area contributed by atoms with Gasteiger partial charge in [-0.25, -0.2) is 0 Å². The molecular weight excluding hydrogens is 272 g/mol. The van der Waals surface area contributed by atoms with Crippen LogP contribution in [0.5, 0.6) is 0 Å². The first kappa shape index (κ1) is 18.3. The van der Waals surface area contributed by atoms with Gasteiger partial charge >= 0.3 is 0 Å². The molecule has 0 aromatic rings. The molecule has 0 unspecified atom stereocenters. The summed E-state index contributed by atoms with van der Waals surface area (Å²) in [6.07, 6.45) is 14.8. The van der Waals surface area contributed by atoms with Gasteiger partial charge in [0.2, 0.25) is 0 Å². The standard InChI is InChI=1S/C20H38O2/c1-4-6-8-10-19-21-15-20(3,16-22-19)18-13-11-17(12-14-18)9-7-5-2/h17-19H,4-16H2,1-3H3/t17?,18?,19-,20+. The molecule has 0 spiro atoms. The van der Waals surface area contributed by atoms with Crippen molar-refractivity contribution < 1.29 is 9.47 Å². The molecule has 1 aliphatic carbocycles. The third-order valence-corrected chi connectivity index (χ3v) is 6.04. The highest BCUT2D eigenvalue weighted by molar-refractivity contribution is 4.88. The van der Waals surface area contributed by atoms with E-state index in [1.807, 2.05) is 0 Å². The Morgan fingerprint density at radius 2 is 1.45 bits per heavy atom. The third kappa shape index (κ3) is 5.23. The van der Waals surface area contributed by atoms with E-state index in [1.54, 1.807) is 0 Å². The number of rotatable bonds is 8. The Balaban J connectivity index is 1.70. The van der Waals surface area contributed by atoms with Crippen LogP contribution in [0.4, 0.5) is 0 Å². The van der Waals surface area contributed by atoms with Crippen LogP contribution in [-0.2, 0) is 9.47 Å². The lowest BCUT2D eigenvalue weighted by atomic mass is 9.67. The smallest absolute Gasteiger partial charge is 0.157 e. The van der Waals surface area contributed by atoms with E-state index in [1.165, 1.54) is 64.2 Å². The fraction of sp³-hybridized carbons (Fsp3) is 1.00. The summed E-state index contributed by atoms with van der Waals surface area (Å²) in [6, 6.07) is 0. The first-order valence-electron chi connectivity index (χ1n) is 9.91. The fourth-order valence-corrected chi connectivity index (χ4v) is 4.26. The Morgan fingerprint density at radius 3 is 2.05 bits per heavy atom. The van der Waals surface area contributed by atoms with Crippen molar-refractivity contribution in [1.82, 2.24) is 0 Å². The highest BCUT2D eigenvalue weighted by atomic mass is 16.7. The van der Waals surface area contributed by atoms with Gasteiger partial charge in [0.25, 0.3) is 0 Å². The zero-order valence-electron chi connectivity index (χ0n) is 15.2. The normalized spacial score (nSPS) is 36.4. The minimum Gasteiger partial charge on any atom is -0.352 e. The van der Waals surface area contributed by atoms with Gasteiger partial charge in [-0.05, 0) is 37.5 Å². The van der Waals surface area contributed by atoms with Gasteiger partial charge < -0.3 is 9.47 Å². The second kappa shape index (κ2) is 9.27. The lowest BCUT2D eigenvalue weighted by molar-refractivity contribution is -0.241. The molecule has 0 amide bonds. The molecule has 2 heteroatoms. The molecule has 1 heterocycles. The Bertz CT molecular complexity index is 286. The summed E-state index contributed by atoms with van der Waals surface area (Å²) in [5, 5.41) is 0. The van der Waals surface area contributed by atoms with Crippen LogP contribution in [0.15, 0.2) is 0 Å². The Kier molecular flexibility index (Phi) is 7.70. The molecule has 130 valence electrons. The van der Waals surface area contributed by atoms with Crippen LogP contribution >= 0.6 is 0 Å². The molecule has 1 saturated heterocycles. The van der Waals surface area contributed by atoms with Crippen LogP contribution in [0.3, 0.4) is 0 Å². The predicted molar refractivity (Wildman–Crippen MR) is 92.9 cm³/mol. The van der Waals surface area contributed by atoms with Gasteiger partial charge in [0.05, 0.1) is 13.2 Å². The molecule has 1 saturated carbocycles. The van der Waals surface area contributed by atoms with E-state index in [-0.39, 0.29) is 11.7 Å². The molecule has 2 aliphatic rings. The van der Waals surface area contributed by atoms with Gasteiger partial charge in [0.1, 0.15) is 0 Å². The summed E-state index contributed by atoms with van der Waals surface area (Å²) < 4.78 is 12.1. The molecular formula is C20H38O2. The van der Waals surface area contributed by atoms with E-state index in [4.69, 9.17) is 9.47 Å². The minimum absolute atomic E-state index is 0.0699. The number of unbranched alkanes of at least 4 members (excludes halogenated alkanes) is 3. The van der Waals surface area contributed by atoms with Crippen molar-refractivity contribution in [2.75, 3.05) is 13.2 Å². The van der Waals surface area contributed by atoms with Gasteiger partial charge in [0.15, 0.2) is 6.29 Å². The minimum atomic E-state index is 0.0699. The molecule has 2 rings (SSSR count). The third-order valence-electron chi connectivity index (χ3n) is 6.04. The largest absolute Gasteiger partial charge is 0.352 e. The van der Waals surface area contributed by atoms with E-state index < -0.39 is 0 Å². The van der Waals surface area contributed by atoms with E-state index in [0.717, 1.165) is 31.5 Å². The lowest BCUT2D eigenvalue weighted by Gasteiger charge is -2.45. The summed E-state index contributed by atoms with van der Waals surface area (Å²) in [5.74, 6) is 1.80. The highest BCUT2D eigenvalue weighted by Crippen LogP contribution is 2.43. The molecule has 1 aliphatic heterocycles. The molecule has 2 fully saturated rings. The first-order valence-corrected chi connectivity index (χ1v) is 9.91.